The van der Waals surface area contributed by atoms with Crippen LogP contribution in [0.4, 0.5) is 0 Å². The van der Waals surface area contributed by atoms with Crippen LogP contribution in [0.25, 0.3) is 0 Å². The molecule has 0 spiro atoms. The second kappa shape index (κ2) is 20.0. The van der Waals surface area contributed by atoms with Gasteiger partial charge in [0.05, 0.1) is 31.0 Å². The number of hydrogen-bond donors (Lipinski definition) is 2. The first-order chi connectivity index (χ1) is 27.0. The highest BCUT2D eigenvalue weighted by molar-refractivity contribution is 6.02. The number of ether oxygens (including phenoxy) is 6. The number of nitrogens with zero attached hydrogens (tertiary/aromatic N) is 4. The molecule has 1 aromatic carbocycles. The highest BCUT2D eigenvalue weighted by Gasteiger charge is 2.65. The van der Waals surface area contributed by atoms with E-state index in [1.807, 2.05) is 30.7 Å². The predicted octanol–water partition coefficient (Wildman–Crippen LogP) is 6.95. The van der Waals surface area contributed by atoms with Crippen LogP contribution in [0.2, 0.25) is 0 Å². The van der Waals surface area contributed by atoms with E-state index in [1.54, 1.807) is 18.3 Å². The Hall–Kier alpha value is -3.59. The molecule has 4 aliphatic rings. The van der Waals surface area contributed by atoms with Gasteiger partial charge in [-0.2, -0.15) is 0 Å². The van der Waals surface area contributed by atoms with Crippen molar-refractivity contribution in [3.05, 3.63) is 72.6 Å². The number of benzene rings is 1. The number of oxime groups is 1. The Kier molecular flexibility index (Phi) is 14.9. The predicted molar refractivity (Wildman–Crippen MR) is 207 cm³/mol. The van der Waals surface area contributed by atoms with Crippen molar-refractivity contribution >= 4 is 5.71 Å². The van der Waals surface area contributed by atoms with E-state index in [4.69, 9.17) is 43.6 Å². The third kappa shape index (κ3) is 9.03. The van der Waals surface area contributed by atoms with Crippen molar-refractivity contribution < 1.29 is 43.5 Å². The Balaban J connectivity index is 1.59. The van der Waals surface area contributed by atoms with Crippen molar-refractivity contribution in [2.24, 2.45) is 22.9 Å². The van der Waals surface area contributed by atoms with Crippen LogP contribution in [0.3, 0.4) is 0 Å². The lowest BCUT2D eigenvalue weighted by Gasteiger charge is -2.58. The molecule has 2 aromatic rings. The highest BCUT2D eigenvalue weighted by Crippen LogP contribution is 2.63. The maximum atomic E-state index is 9.91. The van der Waals surface area contributed by atoms with E-state index in [1.165, 1.54) is 0 Å². The Labute approximate surface area is 325 Å². The summed E-state index contributed by atoms with van der Waals surface area (Å²) in [6.45, 7) is 14.1. The fourth-order valence-electron chi connectivity index (χ4n) is 8.92. The van der Waals surface area contributed by atoms with Crippen LogP contribution < -0.4 is 9.47 Å². The Morgan fingerprint density at radius 1 is 1.04 bits per heavy atom. The monoisotopic (exact) mass is 764 g/mol. The lowest BCUT2D eigenvalue weighted by atomic mass is 9.55. The molecular weight excluding hydrogens is 704 g/mol. The molecule has 0 bridgehead atoms. The van der Waals surface area contributed by atoms with Crippen LogP contribution in [0.5, 0.6) is 11.5 Å². The third-order valence-corrected chi connectivity index (χ3v) is 11.2. The summed E-state index contributed by atoms with van der Waals surface area (Å²) in [6.07, 6.45) is 14.3. The number of aliphatic hydroxyl groups excluding tert-OH is 2. The molecule has 2 aliphatic carbocycles. The molecule has 6 rings (SSSR count). The largest absolute Gasteiger partial charge is 0.490 e. The van der Waals surface area contributed by atoms with E-state index < -0.39 is 24.4 Å². The van der Waals surface area contributed by atoms with E-state index >= 15 is 0 Å². The van der Waals surface area contributed by atoms with Crippen LogP contribution >= 0.6 is 0 Å². The minimum absolute atomic E-state index is 0.123. The number of unbranched alkanes of at least 4 members (excludes halogenated alkanes) is 2. The lowest BCUT2D eigenvalue weighted by molar-refractivity contribution is -0.254. The van der Waals surface area contributed by atoms with E-state index in [9.17, 15) is 10.2 Å². The molecule has 1 saturated heterocycles. The van der Waals surface area contributed by atoms with Gasteiger partial charge in [-0.05, 0) is 88.0 Å². The van der Waals surface area contributed by atoms with Crippen LogP contribution in [0, 0.1) is 17.8 Å². The van der Waals surface area contributed by atoms with Gasteiger partial charge in [0.25, 0.3) is 0 Å². The molecule has 7 unspecified atom stereocenters. The normalized spacial score (nSPS) is 27.9. The van der Waals surface area contributed by atoms with Crippen molar-refractivity contribution in [3.8, 4) is 11.5 Å². The maximum Gasteiger partial charge on any atom is 0.241 e. The molecule has 2 N–H and O–H groups in total. The van der Waals surface area contributed by atoms with Crippen LogP contribution in [-0.2, 0) is 23.8 Å². The van der Waals surface area contributed by atoms with Crippen molar-refractivity contribution in [2.45, 2.75) is 108 Å². The number of aliphatic hydroxyl groups is 2. The Morgan fingerprint density at radius 2 is 1.82 bits per heavy atom. The first-order valence-electron chi connectivity index (χ1n) is 20.3. The topological polar surface area (TPSA) is 148 Å². The smallest absolute Gasteiger partial charge is 0.241 e. The fourth-order valence-corrected chi connectivity index (χ4v) is 8.92. The minimum atomic E-state index is -1.31. The first kappa shape index (κ1) is 41.1. The first-order valence-corrected chi connectivity index (χ1v) is 20.3. The van der Waals surface area contributed by atoms with Gasteiger partial charge in [-0.25, -0.2) is 4.68 Å². The number of rotatable bonds is 22. The second-order valence-electron chi connectivity index (χ2n) is 14.6. The zero-order valence-electron chi connectivity index (χ0n) is 32.6. The molecule has 0 radical (unpaired) electrons. The zero-order chi connectivity index (χ0) is 38.6. The molecular formula is C42H60N4O9. The molecule has 302 valence electrons. The lowest BCUT2D eigenvalue weighted by Crippen LogP contribution is -2.63. The Bertz CT molecular complexity index is 1600. The van der Waals surface area contributed by atoms with E-state index in [0.717, 1.165) is 67.5 Å². The number of aromatic nitrogens is 3. The number of hydrogen-bond acceptors (Lipinski definition) is 12. The summed E-state index contributed by atoms with van der Waals surface area (Å²) in [4.78, 5) is 6.24. The van der Waals surface area contributed by atoms with Gasteiger partial charge in [0.15, 0.2) is 0 Å². The number of allylic oxidation sites excluding steroid dienone is 1. The van der Waals surface area contributed by atoms with Gasteiger partial charge < -0.3 is 43.5 Å². The third-order valence-electron chi connectivity index (χ3n) is 11.2. The van der Waals surface area contributed by atoms with E-state index in [2.05, 4.69) is 30.4 Å². The second-order valence-corrected chi connectivity index (χ2v) is 14.6. The summed E-state index contributed by atoms with van der Waals surface area (Å²) >= 11 is 0. The molecule has 13 heteroatoms. The van der Waals surface area contributed by atoms with Crippen molar-refractivity contribution in [3.63, 3.8) is 0 Å². The zero-order valence-corrected chi connectivity index (χ0v) is 32.6. The summed E-state index contributed by atoms with van der Waals surface area (Å²) in [5.74, 6) is -0.137. The van der Waals surface area contributed by atoms with E-state index in [0.29, 0.717) is 57.1 Å². The van der Waals surface area contributed by atoms with E-state index in [-0.39, 0.29) is 43.5 Å². The van der Waals surface area contributed by atoms with Gasteiger partial charge in [-0.3, -0.25) is 0 Å². The molecule has 55 heavy (non-hydrogen) atoms. The average molecular weight is 765 g/mol. The van der Waals surface area contributed by atoms with Crippen LogP contribution in [0.1, 0.15) is 108 Å². The Morgan fingerprint density at radius 3 is 2.53 bits per heavy atom. The molecule has 1 aromatic heterocycles. The standard InChI is InChI=1S/C42H60N4O9/c1-5-22-51-30-18-19-36-33(26-30)39-31(16-10-13-21-48)29(15-9-12-20-47)25-32-34(44-55-38-17-11-14-24-52-38)27-37(42(54-36,40(32)39)53-23-6-2)46-35(28-43-45-46)41(49-7-3)50-8-4/h5-6,18-19,25-26,28-29,31,37-41,47-48H,1-2,7-17,20-24,27H2,3-4H3. The SMILES string of the molecule is C=CCOc1ccc2c(c1)C1C(CCCCO)C(CCCCO)C=C3C(=NOC4CCCCO4)CC(n4nncc4C(OCC)OCC)C(OCC=C)(O2)C31. The molecule has 7 atom stereocenters. The van der Waals surface area contributed by atoms with Crippen molar-refractivity contribution in [1.82, 2.24) is 15.0 Å². The number of fused-ring (bicyclic) bond motifs is 2. The summed E-state index contributed by atoms with van der Waals surface area (Å²) < 4.78 is 40.5. The van der Waals surface area contributed by atoms with Crippen LogP contribution in [-0.4, -0.2) is 89.2 Å². The van der Waals surface area contributed by atoms with Crippen LogP contribution in [0.15, 0.2) is 66.5 Å². The van der Waals surface area contributed by atoms with Crippen molar-refractivity contribution in [1.29, 1.82) is 0 Å². The molecule has 2 fully saturated rings. The van der Waals surface area contributed by atoms with Gasteiger partial charge in [-0.15, -0.1) is 11.7 Å². The summed E-state index contributed by atoms with van der Waals surface area (Å²) in [7, 11) is 0. The van der Waals surface area contributed by atoms with Gasteiger partial charge in [0.1, 0.15) is 29.8 Å². The van der Waals surface area contributed by atoms with Gasteiger partial charge in [0.2, 0.25) is 18.4 Å². The average Bonchev–Trinajstić information content (AvgIpc) is 3.69. The van der Waals surface area contributed by atoms with Gasteiger partial charge in [0, 0.05) is 50.8 Å². The summed E-state index contributed by atoms with van der Waals surface area (Å²) in [5, 5.41) is 33.8. The molecule has 1 saturated carbocycles. The maximum absolute atomic E-state index is 9.91. The van der Waals surface area contributed by atoms with Gasteiger partial charge in [-0.1, -0.05) is 48.0 Å². The molecule has 2 aliphatic heterocycles. The summed E-state index contributed by atoms with van der Waals surface area (Å²) in [5.41, 5.74) is 3.43. The quantitative estimate of drug-likeness (QED) is 0.0556. The molecule has 3 heterocycles. The van der Waals surface area contributed by atoms with Crippen molar-refractivity contribution in [2.75, 3.05) is 46.2 Å². The van der Waals surface area contributed by atoms with Gasteiger partial charge >= 0.3 is 0 Å². The summed E-state index contributed by atoms with van der Waals surface area (Å²) in [6, 6.07) is 5.40. The highest BCUT2D eigenvalue weighted by atomic mass is 16.8. The molecule has 13 nitrogen and oxygen atoms in total. The minimum Gasteiger partial charge on any atom is -0.490 e. The fraction of sp³-hybridized carbons (Fsp3) is 0.643. The molecule has 0 amide bonds.